The number of nitrogens with zero attached hydrogens (tertiary/aromatic N) is 4. The molecule has 0 aliphatic carbocycles. The lowest BCUT2D eigenvalue weighted by Crippen LogP contribution is -2.21. The van der Waals surface area contributed by atoms with E-state index in [0.29, 0.717) is 47.3 Å². The Labute approximate surface area is 231 Å². The number of fused-ring (bicyclic) bond motifs is 1. The van der Waals surface area contributed by atoms with E-state index in [9.17, 15) is 9.90 Å². The van der Waals surface area contributed by atoms with Gasteiger partial charge in [-0.2, -0.15) is 0 Å². The summed E-state index contributed by atoms with van der Waals surface area (Å²) < 4.78 is 2.03. The fourth-order valence-corrected chi connectivity index (χ4v) is 6.43. The van der Waals surface area contributed by atoms with Gasteiger partial charge in [0.2, 0.25) is 11.0 Å². The SMILES string of the molecule is Cc1ccc(-n2c(O)c(/C=N/c3nnc(SCc4c(Cl)cccc4Cl)s3)c3ccccc3c2=O)c(C)c1. The van der Waals surface area contributed by atoms with Crippen LogP contribution in [-0.4, -0.2) is 26.1 Å². The van der Waals surface area contributed by atoms with Crippen LogP contribution in [0.3, 0.4) is 0 Å². The fourth-order valence-electron chi connectivity index (χ4n) is 4.01. The number of pyridine rings is 1. The fraction of sp³-hybridized carbons (Fsp3) is 0.111. The van der Waals surface area contributed by atoms with Crippen LogP contribution in [0.4, 0.5) is 5.13 Å². The molecule has 5 aromatic rings. The summed E-state index contributed by atoms with van der Waals surface area (Å²) in [4.78, 5) is 17.8. The molecule has 0 atom stereocenters. The summed E-state index contributed by atoms with van der Waals surface area (Å²) in [6.45, 7) is 3.89. The zero-order chi connectivity index (χ0) is 26.1. The van der Waals surface area contributed by atoms with Gasteiger partial charge in [0.15, 0.2) is 4.34 Å². The number of aromatic hydroxyl groups is 1. The first-order valence-corrected chi connectivity index (χ1v) is 13.8. The Morgan fingerprint density at radius 1 is 1.03 bits per heavy atom. The van der Waals surface area contributed by atoms with Gasteiger partial charge in [0.1, 0.15) is 0 Å². The molecule has 0 radical (unpaired) electrons. The van der Waals surface area contributed by atoms with Gasteiger partial charge in [-0.05, 0) is 49.2 Å². The van der Waals surface area contributed by atoms with Crippen LogP contribution in [0.1, 0.15) is 22.3 Å². The molecule has 0 fully saturated rings. The molecule has 0 aliphatic rings. The van der Waals surface area contributed by atoms with Crippen LogP contribution >= 0.6 is 46.3 Å². The molecule has 2 aromatic heterocycles. The molecule has 3 aromatic carbocycles. The van der Waals surface area contributed by atoms with Crippen molar-refractivity contribution in [3.8, 4) is 11.6 Å². The van der Waals surface area contributed by atoms with Crippen molar-refractivity contribution in [2.24, 2.45) is 4.99 Å². The van der Waals surface area contributed by atoms with E-state index in [1.54, 1.807) is 36.4 Å². The minimum Gasteiger partial charge on any atom is -0.494 e. The Bertz CT molecular complexity index is 1710. The molecule has 0 bridgehead atoms. The van der Waals surface area contributed by atoms with Gasteiger partial charge in [0, 0.05) is 32.8 Å². The molecule has 10 heteroatoms. The third-order valence-corrected chi connectivity index (χ3v) is 8.50. The van der Waals surface area contributed by atoms with Crippen molar-refractivity contribution in [2.75, 3.05) is 0 Å². The number of aliphatic imine (C=N–C) groups is 1. The van der Waals surface area contributed by atoms with Crippen molar-refractivity contribution < 1.29 is 5.11 Å². The minimum atomic E-state index is -0.301. The summed E-state index contributed by atoms with van der Waals surface area (Å²) in [7, 11) is 0. The average molecular weight is 568 g/mol. The first-order chi connectivity index (χ1) is 17.8. The number of hydrogen-bond donors (Lipinski definition) is 1. The van der Waals surface area contributed by atoms with E-state index < -0.39 is 0 Å². The van der Waals surface area contributed by atoms with Crippen LogP contribution in [0.5, 0.6) is 5.88 Å². The summed E-state index contributed by atoms with van der Waals surface area (Å²) in [6, 6.07) is 18.3. The number of thioether (sulfide) groups is 1. The molecule has 0 unspecified atom stereocenters. The monoisotopic (exact) mass is 566 g/mol. The smallest absolute Gasteiger partial charge is 0.265 e. The Kier molecular flexibility index (Phi) is 7.35. The van der Waals surface area contributed by atoms with Gasteiger partial charge in [-0.3, -0.25) is 4.79 Å². The summed E-state index contributed by atoms with van der Waals surface area (Å²) in [5, 5.41) is 22.3. The lowest BCUT2D eigenvalue weighted by molar-refractivity contribution is 0.436. The maximum Gasteiger partial charge on any atom is 0.265 e. The van der Waals surface area contributed by atoms with Crippen LogP contribution in [0.2, 0.25) is 10.0 Å². The van der Waals surface area contributed by atoms with E-state index in [1.165, 1.54) is 33.9 Å². The highest BCUT2D eigenvalue weighted by atomic mass is 35.5. The summed E-state index contributed by atoms with van der Waals surface area (Å²) in [5.41, 5.74) is 3.51. The second-order valence-corrected chi connectivity index (χ2v) is 11.3. The van der Waals surface area contributed by atoms with E-state index in [1.807, 2.05) is 38.1 Å². The largest absolute Gasteiger partial charge is 0.494 e. The van der Waals surface area contributed by atoms with E-state index in [-0.39, 0.29) is 11.4 Å². The summed E-state index contributed by atoms with van der Waals surface area (Å²) in [6.07, 6.45) is 1.52. The van der Waals surface area contributed by atoms with Crippen LogP contribution < -0.4 is 5.56 Å². The van der Waals surface area contributed by atoms with Crippen molar-refractivity contribution in [1.82, 2.24) is 14.8 Å². The Morgan fingerprint density at radius 3 is 2.49 bits per heavy atom. The number of aromatic nitrogens is 3. The molecule has 0 amide bonds. The van der Waals surface area contributed by atoms with Crippen molar-refractivity contribution >= 4 is 68.4 Å². The van der Waals surface area contributed by atoms with Crippen molar-refractivity contribution in [3.05, 3.63) is 103 Å². The molecule has 2 heterocycles. The highest BCUT2D eigenvalue weighted by Crippen LogP contribution is 2.35. The number of aryl methyl sites for hydroxylation is 2. The average Bonchev–Trinajstić information content (AvgIpc) is 3.33. The van der Waals surface area contributed by atoms with Crippen LogP contribution in [0, 0.1) is 13.8 Å². The second kappa shape index (κ2) is 10.7. The third-order valence-electron chi connectivity index (χ3n) is 5.80. The van der Waals surface area contributed by atoms with Crippen molar-refractivity contribution in [2.45, 2.75) is 23.9 Å². The summed E-state index contributed by atoms with van der Waals surface area (Å²) >= 11 is 15.3. The molecule has 0 aliphatic heterocycles. The lowest BCUT2D eigenvalue weighted by atomic mass is 10.1. The molecule has 0 saturated heterocycles. The highest BCUT2D eigenvalue weighted by molar-refractivity contribution is 8.00. The number of hydrogen-bond acceptors (Lipinski definition) is 7. The molecule has 6 nitrogen and oxygen atoms in total. The molecule has 186 valence electrons. The molecule has 37 heavy (non-hydrogen) atoms. The van der Waals surface area contributed by atoms with E-state index in [0.717, 1.165) is 16.7 Å². The predicted molar refractivity (Wildman–Crippen MR) is 154 cm³/mol. The first kappa shape index (κ1) is 25.5. The maximum atomic E-state index is 13.4. The summed E-state index contributed by atoms with van der Waals surface area (Å²) in [5.74, 6) is 0.357. The van der Waals surface area contributed by atoms with Gasteiger partial charge in [0.25, 0.3) is 5.56 Å². The molecular formula is C27H20Cl2N4O2S2. The van der Waals surface area contributed by atoms with Gasteiger partial charge < -0.3 is 5.11 Å². The van der Waals surface area contributed by atoms with Crippen molar-refractivity contribution in [1.29, 1.82) is 0 Å². The van der Waals surface area contributed by atoms with Gasteiger partial charge in [-0.1, -0.05) is 88.3 Å². The molecule has 5 rings (SSSR count). The molecular weight excluding hydrogens is 547 g/mol. The Hall–Kier alpha value is -3.17. The van der Waals surface area contributed by atoms with Gasteiger partial charge in [-0.25, -0.2) is 9.56 Å². The Morgan fingerprint density at radius 2 is 1.76 bits per heavy atom. The predicted octanol–water partition coefficient (Wildman–Crippen LogP) is 7.51. The van der Waals surface area contributed by atoms with Gasteiger partial charge in [0.05, 0.1) is 11.3 Å². The molecule has 0 saturated carbocycles. The van der Waals surface area contributed by atoms with E-state index in [4.69, 9.17) is 23.2 Å². The number of halogens is 2. The highest BCUT2D eigenvalue weighted by Gasteiger charge is 2.18. The minimum absolute atomic E-state index is 0.188. The van der Waals surface area contributed by atoms with Gasteiger partial charge >= 0.3 is 0 Å². The maximum absolute atomic E-state index is 13.4. The number of rotatable bonds is 6. The molecule has 1 N–H and O–H groups in total. The van der Waals surface area contributed by atoms with Gasteiger partial charge in [-0.15, -0.1) is 10.2 Å². The quantitative estimate of drug-likeness (QED) is 0.170. The van der Waals surface area contributed by atoms with E-state index >= 15 is 0 Å². The number of benzene rings is 3. The van der Waals surface area contributed by atoms with Crippen molar-refractivity contribution in [3.63, 3.8) is 0 Å². The Balaban J connectivity index is 1.50. The second-order valence-electron chi connectivity index (χ2n) is 8.31. The van der Waals surface area contributed by atoms with E-state index in [2.05, 4.69) is 15.2 Å². The standard InChI is InChI=1S/C27H20Cl2N4O2S2/c1-15-10-11-23(16(2)12-15)33-24(34)18-7-4-3-6-17(18)19(25(33)35)13-30-26-31-32-27(37-26)36-14-20-21(28)8-5-9-22(20)29/h3-13,35H,14H2,1-2H3/b30-13+. The zero-order valence-corrected chi connectivity index (χ0v) is 22.9. The normalized spacial score (nSPS) is 11.6. The van der Waals surface area contributed by atoms with Crippen LogP contribution in [0.25, 0.3) is 16.5 Å². The topological polar surface area (TPSA) is 80.4 Å². The third kappa shape index (κ3) is 5.15. The first-order valence-electron chi connectivity index (χ1n) is 11.2. The zero-order valence-electron chi connectivity index (χ0n) is 19.8. The molecule has 0 spiro atoms. The lowest BCUT2D eigenvalue weighted by Gasteiger charge is -2.15. The van der Waals surface area contributed by atoms with Crippen LogP contribution in [-0.2, 0) is 5.75 Å². The van der Waals surface area contributed by atoms with Crippen LogP contribution in [0.15, 0.2) is 74.8 Å².